The minimum atomic E-state index is -0.381. The van der Waals surface area contributed by atoms with Crippen LogP contribution in [-0.4, -0.2) is 33.8 Å². The maximum absolute atomic E-state index is 11.5. The molecule has 0 spiro atoms. The number of aliphatic hydroxyl groups is 1. The van der Waals surface area contributed by atoms with Crippen molar-refractivity contribution in [3.05, 3.63) is 29.9 Å². The Labute approximate surface area is 114 Å². The number of nitrogens with zero attached hydrogens (tertiary/aromatic N) is 2. The molecule has 0 bridgehead atoms. The fraction of sp³-hybridized carbons (Fsp3) is 0.250. The van der Waals surface area contributed by atoms with Gasteiger partial charge < -0.3 is 10.4 Å². The van der Waals surface area contributed by atoms with Crippen molar-refractivity contribution >= 4 is 22.5 Å². The maximum atomic E-state index is 11.5. The largest absolute Gasteiger partial charge is 0.394 e. The molecule has 2 heterocycles. The Bertz CT molecular complexity index is 544. The first-order chi connectivity index (χ1) is 9.19. The Morgan fingerprint density at radius 2 is 2.42 bits per heavy atom. The number of thiazole rings is 1. The summed E-state index contributed by atoms with van der Waals surface area (Å²) >= 11 is 1.33. The second kappa shape index (κ2) is 6.26. The van der Waals surface area contributed by atoms with Gasteiger partial charge in [-0.05, 0) is 19.1 Å². The van der Waals surface area contributed by atoms with Crippen molar-refractivity contribution in [1.82, 2.24) is 15.3 Å². The highest BCUT2D eigenvalue weighted by atomic mass is 32.1. The molecule has 6 nitrogen and oxygen atoms in total. The average Bonchev–Trinajstić information content (AvgIpc) is 2.88. The van der Waals surface area contributed by atoms with Crippen LogP contribution in [0.3, 0.4) is 0 Å². The summed E-state index contributed by atoms with van der Waals surface area (Å²) in [7, 11) is 0. The molecular weight excluding hydrogens is 264 g/mol. The first kappa shape index (κ1) is 13.4. The molecule has 2 aromatic rings. The molecular formula is C12H14N4O2S. The molecule has 2 rings (SSSR count). The van der Waals surface area contributed by atoms with Crippen LogP contribution >= 0.6 is 11.3 Å². The SMILES string of the molecule is CC(CO)NC(=O)Nc1nc(-c2cccnc2)cs1. The van der Waals surface area contributed by atoms with Crippen LogP contribution in [0.15, 0.2) is 29.9 Å². The number of pyridine rings is 1. The molecule has 1 unspecified atom stereocenters. The van der Waals surface area contributed by atoms with Gasteiger partial charge in [0.15, 0.2) is 5.13 Å². The summed E-state index contributed by atoms with van der Waals surface area (Å²) in [5.74, 6) is 0. The fourth-order valence-corrected chi connectivity index (χ4v) is 2.10. The van der Waals surface area contributed by atoms with Gasteiger partial charge in [-0.15, -0.1) is 11.3 Å². The predicted molar refractivity (Wildman–Crippen MR) is 74.0 cm³/mol. The van der Waals surface area contributed by atoms with Gasteiger partial charge >= 0.3 is 6.03 Å². The Morgan fingerprint density at radius 3 is 3.11 bits per heavy atom. The number of nitrogens with one attached hydrogen (secondary N) is 2. The van der Waals surface area contributed by atoms with E-state index in [-0.39, 0.29) is 18.7 Å². The number of aromatic nitrogens is 2. The molecule has 2 aromatic heterocycles. The molecule has 1 atom stereocenters. The lowest BCUT2D eigenvalue weighted by Crippen LogP contribution is -2.38. The maximum Gasteiger partial charge on any atom is 0.321 e. The summed E-state index contributed by atoms with van der Waals surface area (Å²) in [5.41, 5.74) is 1.67. The van der Waals surface area contributed by atoms with Gasteiger partial charge in [0.05, 0.1) is 18.3 Å². The lowest BCUT2D eigenvalue weighted by molar-refractivity contribution is 0.229. The highest BCUT2D eigenvalue weighted by Gasteiger charge is 2.09. The third-order valence-electron chi connectivity index (χ3n) is 2.33. The second-order valence-corrected chi connectivity index (χ2v) is 4.82. The van der Waals surface area contributed by atoms with E-state index in [9.17, 15) is 4.79 Å². The number of amides is 2. The molecule has 3 N–H and O–H groups in total. The third-order valence-corrected chi connectivity index (χ3v) is 3.09. The van der Waals surface area contributed by atoms with Crippen LogP contribution in [0.2, 0.25) is 0 Å². The van der Waals surface area contributed by atoms with Crippen LogP contribution in [0, 0.1) is 0 Å². The van der Waals surface area contributed by atoms with Gasteiger partial charge in [0.1, 0.15) is 0 Å². The van der Waals surface area contributed by atoms with E-state index in [0.29, 0.717) is 5.13 Å². The van der Waals surface area contributed by atoms with Gasteiger partial charge in [0.2, 0.25) is 0 Å². The van der Waals surface area contributed by atoms with Gasteiger partial charge in [0, 0.05) is 23.3 Å². The highest BCUT2D eigenvalue weighted by Crippen LogP contribution is 2.23. The van der Waals surface area contributed by atoms with Crippen molar-refractivity contribution in [1.29, 1.82) is 0 Å². The molecule has 19 heavy (non-hydrogen) atoms. The van der Waals surface area contributed by atoms with E-state index in [2.05, 4.69) is 20.6 Å². The first-order valence-corrected chi connectivity index (χ1v) is 6.61. The van der Waals surface area contributed by atoms with Crippen molar-refractivity contribution < 1.29 is 9.90 Å². The summed E-state index contributed by atoms with van der Waals surface area (Å²) in [6.07, 6.45) is 3.41. The zero-order valence-corrected chi connectivity index (χ0v) is 11.1. The molecule has 7 heteroatoms. The van der Waals surface area contributed by atoms with E-state index in [0.717, 1.165) is 11.3 Å². The molecule has 100 valence electrons. The number of anilines is 1. The lowest BCUT2D eigenvalue weighted by Gasteiger charge is -2.10. The van der Waals surface area contributed by atoms with E-state index in [1.165, 1.54) is 11.3 Å². The number of hydrogen-bond donors (Lipinski definition) is 3. The highest BCUT2D eigenvalue weighted by molar-refractivity contribution is 7.14. The smallest absolute Gasteiger partial charge is 0.321 e. The minimum Gasteiger partial charge on any atom is -0.394 e. The third kappa shape index (κ3) is 3.73. The molecule has 0 saturated heterocycles. The van der Waals surface area contributed by atoms with Gasteiger partial charge in [-0.25, -0.2) is 9.78 Å². The molecule has 0 radical (unpaired) electrons. The number of urea groups is 1. The van der Waals surface area contributed by atoms with Crippen LogP contribution in [0.25, 0.3) is 11.3 Å². The van der Waals surface area contributed by atoms with Crippen molar-refractivity contribution in [3.63, 3.8) is 0 Å². The standard InChI is InChI=1S/C12H14N4O2S/c1-8(6-17)14-11(18)16-12-15-10(7-19-12)9-3-2-4-13-5-9/h2-5,7-8,17H,6H2,1H3,(H2,14,15,16,18). The number of carbonyl (C=O) groups is 1. The van der Waals surface area contributed by atoms with Gasteiger partial charge in [0.25, 0.3) is 0 Å². The van der Waals surface area contributed by atoms with E-state index < -0.39 is 0 Å². The molecule has 0 saturated carbocycles. The van der Waals surface area contributed by atoms with Gasteiger partial charge in [-0.3, -0.25) is 10.3 Å². The number of rotatable bonds is 4. The minimum absolute atomic E-state index is 0.105. The van der Waals surface area contributed by atoms with Crippen molar-refractivity contribution in [2.75, 3.05) is 11.9 Å². The van der Waals surface area contributed by atoms with Crippen molar-refractivity contribution in [2.45, 2.75) is 13.0 Å². The Kier molecular flexibility index (Phi) is 4.43. The van der Waals surface area contributed by atoms with Crippen LogP contribution in [0.4, 0.5) is 9.93 Å². The Hall–Kier alpha value is -1.99. The second-order valence-electron chi connectivity index (χ2n) is 3.96. The first-order valence-electron chi connectivity index (χ1n) is 5.73. The Balaban J connectivity index is 2.00. The fourth-order valence-electron chi connectivity index (χ4n) is 1.38. The number of aliphatic hydroxyl groups excluding tert-OH is 1. The normalized spacial score (nSPS) is 11.9. The van der Waals surface area contributed by atoms with Gasteiger partial charge in [-0.2, -0.15) is 0 Å². The summed E-state index contributed by atoms with van der Waals surface area (Å²) in [5, 5.41) is 16.4. The monoisotopic (exact) mass is 278 g/mol. The topological polar surface area (TPSA) is 87.1 Å². The summed E-state index contributed by atoms with van der Waals surface area (Å²) < 4.78 is 0. The molecule has 0 aliphatic rings. The molecule has 0 aromatic carbocycles. The van der Waals surface area contributed by atoms with Crippen LogP contribution < -0.4 is 10.6 Å². The zero-order chi connectivity index (χ0) is 13.7. The van der Waals surface area contributed by atoms with Crippen molar-refractivity contribution in [2.24, 2.45) is 0 Å². The Morgan fingerprint density at radius 1 is 1.58 bits per heavy atom. The quantitative estimate of drug-likeness (QED) is 0.794. The van der Waals surface area contributed by atoms with Crippen LogP contribution in [-0.2, 0) is 0 Å². The van der Waals surface area contributed by atoms with Gasteiger partial charge in [-0.1, -0.05) is 0 Å². The van der Waals surface area contributed by atoms with E-state index in [4.69, 9.17) is 5.11 Å². The van der Waals surface area contributed by atoms with E-state index >= 15 is 0 Å². The average molecular weight is 278 g/mol. The number of hydrogen-bond acceptors (Lipinski definition) is 5. The molecule has 0 aliphatic carbocycles. The lowest BCUT2D eigenvalue weighted by atomic mass is 10.2. The van der Waals surface area contributed by atoms with Crippen LogP contribution in [0.5, 0.6) is 0 Å². The number of carbonyl (C=O) groups excluding carboxylic acids is 1. The van der Waals surface area contributed by atoms with E-state index in [1.807, 2.05) is 17.5 Å². The summed E-state index contributed by atoms with van der Waals surface area (Å²) in [4.78, 5) is 19.9. The summed E-state index contributed by atoms with van der Waals surface area (Å²) in [6, 6.07) is 3.06. The summed E-state index contributed by atoms with van der Waals surface area (Å²) in [6.45, 7) is 1.61. The molecule has 0 aliphatic heterocycles. The van der Waals surface area contributed by atoms with Crippen LogP contribution in [0.1, 0.15) is 6.92 Å². The zero-order valence-electron chi connectivity index (χ0n) is 10.3. The van der Waals surface area contributed by atoms with Crippen molar-refractivity contribution in [3.8, 4) is 11.3 Å². The molecule has 2 amide bonds. The van der Waals surface area contributed by atoms with E-state index in [1.54, 1.807) is 19.3 Å². The molecule has 0 fully saturated rings. The predicted octanol–water partition coefficient (Wildman–Crippen LogP) is 1.71.